The van der Waals surface area contributed by atoms with E-state index < -0.39 is 5.82 Å². The van der Waals surface area contributed by atoms with E-state index in [9.17, 15) is 9.50 Å². The Kier molecular flexibility index (Phi) is 4.64. The van der Waals surface area contributed by atoms with E-state index in [1.54, 1.807) is 12.3 Å². The maximum Gasteiger partial charge on any atom is 0.146 e. The molecule has 4 nitrogen and oxygen atoms in total. The van der Waals surface area contributed by atoms with Gasteiger partial charge in [0.05, 0.1) is 5.02 Å². The molecule has 1 aliphatic heterocycles. The van der Waals surface area contributed by atoms with E-state index in [0.29, 0.717) is 12.1 Å². The van der Waals surface area contributed by atoms with E-state index in [2.05, 4.69) is 20.5 Å². The molecule has 0 atom stereocenters. The van der Waals surface area contributed by atoms with E-state index in [-0.39, 0.29) is 10.8 Å². The van der Waals surface area contributed by atoms with Gasteiger partial charge in [-0.1, -0.05) is 17.7 Å². The molecule has 0 aliphatic carbocycles. The van der Waals surface area contributed by atoms with Crippen LogP contribution in [0.1, 0.15) is 24.0 Å². The van der Waals surface area contributed by atoms with Gasteiger partial charge >= 0.3 is 0 Å². The Morgan fingerprint density at radius 1 is 1.07 bits per heavy atom. The number of phenolic OH excluding ortho intramolecular Hbond substituents is 1. The van der Waals surface area contributed by atoms with Crippen molar-refractivity contribution in [3.05, 3.63) is 70.8 Å². The highest BCUT2D eigenvalue weighted by Crippen LogP contribution is 2.33. The van der Waals surface area contributed by atoms with Crippen molar-refractivity contribution in [1.82, 2.24) is 14.5 Å². The van der Waals surface area contributed by atoms with Crippen LogP contribution in [0.2, 0.25) is 5.02 Å². The van der Waals surface area contributed by atoms with Crippen molar-refractivity contribution in [2.75, 3.05) is 13.1 Å². The van der Waals surface area contributed by atoms with Crippen molar-refractivity contribution < 1.29 is 9.50 Å². The van der Waals surface area contributed by atoms with Crippen LogP contribution in [0.25, 0.3) is 21.8 Å². The molecule has 1 fully saturated rings. The predicted octanol–water partition coefficient (Wildman–Crippen LogP) is 5.33. The van der Waals surface area contributed by atoms with Gasteiger partial charge in [-0.05, 0) is 61.8 Å². The molecule has 0 saturated carbocycles. The van der Waals surface area contributed by atoms with Crippen LogP contribution in [-0.2, 0) is 13.1 Å². The maximum atomic E-state index is 13.8. The summed E-state index contributed by atoms with van der Waals surface area (Å²) in [5.74, 6) is -0.150. The van der Waals surface area contributed by atoms with Crippen molar-refractivity contribution in [3.8, 4) is 5.75 Å². The molecule has 1 saturated heterocycles. The van der Waals surface area contributed by atoms with Crippen LogP contribution in [0.5, 0.6) is 5.75 Å². The Labute approximate surface area is 173 Å². The highest BCUT2D eigenvalue weighted by molar-refractivity contribution is 6.31. The number of nitrogens with zero attached hydrogens (tertiary/aromatic N) is 3. The van der Waals surface area contributed by atoms with Crippen LogP contribution in [0.4, 0.5) is 4.39 Å². The standard InChI is InChI=1S/C23H21ClFN3O/c24-19-12-21-15(11-20(19)25)5-9-28(21)14-16-10-17(13-27-7-1-2-8-27)23(29)22-18(16)4-3-6-26-22/h3-6,9-12,29H,1-2,7-8,13-14H2. The first-order chi connectivity index (χ1) is 14.1. The van der Waals surface area contributed by atoms with E-state index in [0.717, 1.165) is 47.1 Å². The molecule has 29 heavy (non-hydrogen) atoms. The number of likely N-dealkylation sites (tertiary alicyclic amines) is 1. The molecule has 5 rings (SSSR count). The molecule has 6 heteroatoms. The molecule has 4 aromatic rings. The predicted molar refractivity (Wildman–Crippen MR) is 114 cm³/mol. The van der Waals surface area contributed by atoms with Crippen molar-refractivity contribution in [1.29, 1.82) is 0 Å². The fourth-order valence-corrected chi connectivity index (χ4v) is 4.46. The molecule has 3 heterocycles. The Bertz CT molecular complexity index is 1210. The largest absolute Gasteiger partial charge is 0.505 e. The van der Waals surface area contributed by atoms with Crippen LogP contribution in [0.15, 0.2) is 48.8 Å². The Balaban J connectivity index is 1.60. The van der Waals surface area contributed by atoms with Crippen LogP contribution >= 0.6 is 11.6 Å². The highest BCUT2D eigenvalue weighted by Gasteiger charge is 2.18. The van der Waals surface area contributed by atoms with Gasteiger partial charge in [-0.2, -0.15) is 0 Å². The summed E-state index contributed by atoms with van der Waals surface area (Å²) in [5, 5.41) is 12.7. The van der Waals surface area contributed by atoms with Crippen molar-refractivity contribution in [2.24, 2.45) is 0 Å². The normalized spacial score (nSPS) is 15.0. The zero-order valence-electron chi connectivity index (χ0n) is 15.9. The Hall–Kier alpha value is -2.63. The summed E-state index contributed by atoms with van der Waals surface area (Å²) >= 11 is 6.02. The van der Waals surface area contributed by atoms with Crippen LogP contribution in [-0.4, -0.2) is 32.6 Å². The molecule has 2 aromatic heterocycles. The lowest BCUT2D eigenvalue weighted by Crippen LogP contribution is -2.18. The maximum absolute atomic E-state index is 13.8. The van der Waals surface area contributed by atoms with Gasteiger partial charge in [0.1, 0.15) is 17.1 Å². The lowest BCUT2D eigenvalue weighted by atomic mass is 10.0. The summed E-state index contributed by atoms with van der Waals surface area (Å²) in [6, 6.07) is 11.0. The SMILES string of the molecule is Oc1c(CN2CCCC2)cc(Cn2ccc3cc(F)c(Cl)cc32)c2cccnc12. The second-order valence-electron chi connectivity index (χ2n) is 7.70. The van der Waals surface area contributed by atoms with Gasteiger partial charge in [0.2, 0.25) is 0 Å². The summed E-state index contributed by atoms with van der Waals surface area (Å²) in [7, 11) is 0. The lowest BCUT2D eigenvalue weighted by Gasteiger charge is -2.18. The first kappa shape index (κ1) is 18.4. The summed E-state index contributed by atoms with van der Waals surface area (Å²) in [5.41, 5.74) is 3.47. The van der Waals surface area contributed by atoms with E-state index in [4.69, 9.17) is 11.6 Å². The monoisotopic (exact) mass is 409 g/mol. The van der Waals surface area contributed by atoms with Crippen molar-refractivity contribution in [2.45, 2.75) is 25.9 Å². The first-order valence-corrected chi connectivity index (χ1v) is 10.2. The van der Waals surface area contributed by atoms with Gasteiger partial charge in [0.15, 0.2) is 0 Å². The quantitative estimate of drug-likeness (QED) is 0.495. The number of fused-ring (bicyclic) bond motifs is 2. The topological polar surface area (TPSA) is 41.3 Å². The highest BCUT2D eigenvalue weighted by atomic mass is 35.5. The third-order valence-electron chi connectivity index (χ3n) is 5.78. The number of benzene rings is 2. The zero-order chi connectivity index (χ0) is 20.0. The number of hydrogen-bond acceptors (Lipinski definition) is 3. The van der Waals surface area contributed by atoms with Crippen molar-refractivity contribution >= 4 is 33.4 Å². The summed E-state index contributed by atoms with van der Waals surface area (Å²) in [4.78, 5) is 6.81. The Morgan fingerprint density at radius 3 is 2.72 bits per heavy atom. The molecule has 148 valence electrons. The fraction of sp³-hybridized carbons (Fsp3) is 0.261. The van der Waals surface area contributed by atoms with Gasteiger partial charge in [0, 0.05) is 47.3 Å². The summed E-state index contributed by atoms with van der Waals surface area (Å²) in [6.45, 7) is 3.42. The minimum absolute atomic E-state index is 0.115. The second kappa shape index (κ2) is 7.32. The number of rotatable bonds is 4. The average Bonchev–Trinajstić information content (AvgIpc) is 3.36. The number of phenols is 1. The molecule has 0 amide bonds. The Morgan fingerprint density at radius 2 is 1.90 bits per heavy atom. The average molecular weight is 410 g/mol. The van der Waals surface area contributed by atoms with Gasteiger partial charge in [0.25, 0.3) is 0 Å². The van der Waals surface area contributed by atoms with Gasteiger partial charge in [-0.15, -0.1) is 0 Å². The number of aromatic nitrogens is 2. The number of aromatic hydroxyl groups is 1. The van der Waals surface area contributed by atoms with Gasteiger partial charge < -0.3 is 9.67 Å². The van der Waals surface area contributed by atoms with E-state index in [1.807, 2.05) is 24.4 Å². The fourth-order valence-electron chi connectivity index (χ4n) is 4.30. The molecule has 0 spiro atoms. The smallest absolute Gasteiger partial charge is 0.146 e. The number of halogens is 2. The molecule has 2 aromatic carbocycles. The van der Waals surface area contributed by atoms with Gasteiger partial charge in [-0.3, -0.25) is 9.88 Å². The van der Waals surface area contributed by atoms with Crippen molar-refractivity contribution in [3.63, 3.8) is 0 Å². The van der Waals surface area contributed by atoms with E-state index in [1.165, 1.54) is 18.9 Å². The van der Waals surface area contributed by atoms with Crippen LogP contribution in [0.3, 0.4) is 0 Å². The minimum Gasteiger partial charge on any atom is -0.505 e. The lowest BCUT2D eigenvalue weighted by molar-refractivity contribution is 0.324. The summed E-state index contributed by atoms with van der Waals surface area (Å²) < 4.78 is 15.9. The first-order valence-electron chi connectivity index (χ1n) is 9.85. The number of hydrogen-bond donors (Lipinski definition) is 1. The second-order valence-corrected chi connectivity index (χ2v) is 8.10. The molecule has 0 unspecified atom stereocenters. The molecule has 1 aliphatic rings. The zero-order valence-corrected chi connectivity index (χ0v) is 16.7. The third kappa shape index (κ3) is 3.34. The summed E-state index contributed by atoms with van der Waals surface area (Å²) in [6.07, 6.45) is 6.05. The molecular weight excluding hydrogens is 389 g/mol. The van der Waals surface area contributed by atoms with Gasteiger partial charge in [-0.25, -0.2) is 4.39 Å². The van der Waals surface area contributed by atoms with Crippen LogP contribution < -0.4 is 0 Å². The van der Waals surface area contributed by atoms with Crippen LogP contribution in [0, 0.1) is 5.82 Å². The third-order valence-corrected chi connectivity index (χ3v) is 6.07. The number of pyridine rings is 1. The molecular formula is C23H21ClFN3O. The molecule has 1 N–H and O–H groups in total. The van der Waals surface area contributed by atoms with E-state index >= 15 is 0 Å². The molecule has 0 radical (unpaired) electrons. The molecule has 0 bridgehead atoms. The minimum atomic E-state index is -0.413.